The summed E-state index contributed by atoms with van der Waals surface area (Å²) in [5.74, 6) is 0. The molecule has 226 valence electrons. The molecule has 0 unspecified atom stereocenters. The van der Waals surface area contributed by atoms with Crippen LogP contribution in [0.5, 0.6) is 0 Å². The van der Waals surface area contributed by atoms with Gasteiger partial charge >= 0.3 is 0 Å². The second-order valence-corrected chi connectivity index (χ2v) is 14.7. The highest BCUT2D eigenvalue weighted by Gasteiger charge is 2.36. The van der Waals surface area contributed by atoms with Crippen molar-refractivity contribution >= 4 is 37.5 Å². The molecule has 0 bridgehead atoms. The van der Waals surface area contributed by atoms with Gasteiger partial charge in [-0.2, -0.15) is 0 Å². The molecule has 0 spiro atoms. The molecule has 0 aromatic heterocycles. The topological polar surface area (TPSA) is 0 Å². The van der Waals surface area contributed by atoms with Crippen molar-refractivity contribution < 1.29 is 0 Å². The summed E-state index contributed by atoms with van der Waals surface area (Å²) < 4.78 is 1.13. The number of hydrogen-bond donors (Lipinski definition) is 0. The highest BCUT2D eigenvalue weighted by atomic mass is 79.9. The van der Waals surface area contributed by atoms with E-state index < -0.39 is 0 Å². The summed E-state index contributed by atoms with van der Waals surface area (Å²) in [6.45, 7) is 4.72. The molecule has 0 fully saturated rings. The van der Waals surface area contributed by atoms with Crippen LogP contribution in [0, 0.1) is 0 Å². The third-order valence-corrected chi connectivity index (χ3v) is 11.4. The fourth-order valence-electron chi connectivity index (χ4n) is 8.74. The lowest BCUT2D eigenvalue weighted by molar-refractivity contribution is 0.660. The van der Waals surface area contributed by atoms with Gasteiger partial charge in [-0.15, -0.1) is 0 Å². The van der Waals surface area contributed by atoms with E-state index in [0.717, 1.165) is 4.47 Å². The van der Waals surface area contributed by atoms with E-state index in [9.17, 15) is 0 Å². The Kier molecular flexibility index (Phi) is 5.87. The average Bonchev–Trinajstić information content (AvgIpc) is 3.57. The molecular weight excluding hydrogens is 644 g/mol. The second-order valence-electron chi connectivity index (χ2n) is 13.7. The van der Waals surface area contributed by atoms with Crippen LogP contribution in [-0.4, -0.2) is 0 Å². The molecule has 0 N–H and O–H groups in total. The molecule has 0 aliphatic heterocycles. The Morgan fingerprint density at radius 2 is 0.875 bits per heavy atom. The van der Waals surface area contributed by atoms with Crippen molar-refractivity contribution in [1.82, 2.24) is 0 Å². The van der Waals surface area contributed by atoms with Crippen LogP contribution in [0.2, 0.25) is 0 Å². The smallest absolute Gasteiger partial charge is 0.0178 e. The Bertz CT molecular complexity index is 2530. The highest BCUT2D eigenvalue weighted by molar-refractivity contribution is 9.10. The van der Waals surface area contributed by atoms with Gasteiger partial charge in [-0.25, -0.2) is 0 Å². The Balaban J connectivity index is 1.28. The summed E-state index contributed by atoms with van der Waals surface area (Å²) in [5.41, 5.74) is 18.4. The van der Waals surface area contributed by atoms with Crippen LogP contribution in [0.1, 0.15) is 25.0 Å². The number of benzene rings is 8. The lowest BCUT2D eigenvalue weighted by Crippen LogP contribution is -2.15. The van der Waals surface area contributed by atoms with Crippen LogP contribution in [0.15, 0.2) is 156 Å². The molecule has 0 radical (unpaired) electrons. The van der Waals surface area contributed by atoms with Gasteiger partial charge < -0.3 is 0 Å². The molecular formula is C47H31Br. The standard InChI is InChI=1S/C47H31Br/c1-47(2)40-26-30(20-22-33(40)34-23-21-31(48)27-41(34)47)32-24-25-39-44-35(32)18-11-19-38(44)45-42(28-12-5-3-6-13-28)36-16-9-10-17-37(36)43(46(39)45)29-14-7-4-8-15-29/h3-27H,1-2H3. The van der Waals surface area contributed by atoms with Crippen LogP contribution in [0.4, 0.5) is 0 Å². The van der Waals surface area contributed by atoms with E-state index in [-0.39, 0.29) is 5.41 Å². The van der Waals surface area contributed by atoms with Gasteiger partial charge in [-0.3, -0.25) is 0 Å². The van der Waals surface area contributed by atoms with Crippen LogP contribution < -0.4 is 0 Å². The maximum Gasteiger partial charge on any atom is 0.0178 e. The number of halogens is 1. The SMILES string of the molecule is CC1(C)c2cc(Br)ccc2-c2ccc(-c3ccc4c5c(cccc35)-c3c-4c(-c4ccccc4)c4ccccc4c3-c3ccccc3)cc21. The Labute approximate surface area is 289 Å². The second kappa shape index (κ2) is 10.1. The first-order valence-electron chi connectivity index (χ1n) is 16.7. The summed E-state index contributed by atoms with van der Waals surface area (Å²) >= 11 is 3.73. The van der Waals surface area contributed by atoms with Crippen molar-refractivity contribution in [2.24, 2.45) is 0 Å². The van der Waals surface area contributed by atoms with E-state index in [0.29, 0.717) is 0 Å². The van der Waals surface area contributed by atoms with Gasteiger partial charge in [0.05, 0.1) is 0 Å². The van der Waals surface area contributed by atoms with Crippen LogP contribution in [0.3, 0.4) is 0 Å². The first-order chi connectivity index (χ1) is 23.5. The summed E-state index contributed by atoms with van der Waals surface area (Å²) in [6, 6.07) is 56.5. The molecule has 1 heteroatoms. The first kappa shape index (κ1) is 27.8. The Hall–Kier alpha value is -5.24. The predicted molar refractivity (Wildman–Crippen MR) is 207 cm³/mol. The molecule has 0 amide bonds. The van der Waals surface area contributed by atoms with Gasteiger partial charge in [0.2, 0.25) is 0 Å². The molecule has 2 aliphatic rings. The molecule has 48 heavy (non-hydrogen) atoms. The molecule has 8 aromatic rings. The Morgan fingerprint density at radius 1 is 0.375 bits per heavy atom. The number of hydrogen-bond acceptors (Lipinski definition) is 0. The maximum absolute atomic E-state index is 3.73. The van der Waals surface area contributed by atoms with E-state index in [1.54, 1.807) is 0 Å². The van der Waals surface area contributed by atoms with Crippen LogP contribution >= 0.6 is 15.9 Å². The van der Waals surface area contributed by atoms with Crippen molar-refractivity contribution in [1.29, 1.82) is 0 Å². The third kappa shape index (κ3) is 3.77. The molecule has 2 aliphatic carbocycles. The minimum atomic E-state index is -0.0785. The maximum atomic E-state index is 3.73. The lowest BCUT2D eigenvalue weighted by Gasteiger charge is -2.22. The monoisotopic (exact) mass is 674 g/mol. The lowest BCUT2D eigenvalue weighted by atomic mass is 9.81. The summed E-state index contributed by atoms with van der Waals surface area (Å²) in [5, 5.41) is 5.23. The molecule has 10 rings (SSSR count). The third-order valence-electron chi connectivity index (χ3n) is 10.9. The summed E-state index contributed by atoms with van der Waals surface area (Å²) in [7, 11) is 0. The van der Waals surface area contributed by atoms with Gasteiger partial charge in [-0.1, -0.05) is 163 Å². The molecule has 0 saturated heterocycles. The summed E-state index contributed by atoms with van der Waals surface area (Å²) in [6.07, 6.45) is 0. The van der Waals surface area contributed by atoms with E-state index in [1.165, 1.54) is 99.4 Å². The zero-order valence-electron chi connectivity index (χ0n) is 26.8. The minimum absolute atomic E-state index is 0.0785. The predicted octanol–water partition coefficient (Wildman–Crippen LogP) is 13.7. The Morgan fingerprint density at radius 3 is 1.52 bits per heavy atom. The van der Waals surface area contributed by atoms with Crippen molar-refractivity contribution in [3.05, 3.63) is 167 Å². The van der Waals surface area contributed by atoms with Crippen LogP contribution in [-0.2, 0) is 5.41 Å². The zero-order chi connectivity index (χ0) is 32.1. The minimum Gasteiger partial charge on any atom is -0.0622 e. The van der Waals surface area contributed by atoms with Gasteiger partial charge in [0.25, 0.3) is 0 Å². The fraction of sp³-hybridized carbons (Fsp3) is 0.0638. The van der Waals surface area contributed by atoms with E-state index >= 15 is 0 Å². The number of fused-ring (bicyclic) bond motifs is 7. The van der Waals surface area contributed by atoms with Gasteiger partial charge in [0.15, 0.2) is 0 Å². The van der Waals surface area contributed by atoms with E-state index in [4.69, 9.17) is 0 Å². The largest absolute Gasteiger partial charge is 0.0622 e. The molecule has 0 heterocycles. The van der Waals surface area contributed by atoms with E-state index in [1.807, 2.05) is 0 Å². The fourth-order valence-corrected chi connectivity index (χ4v) is 9.10. The molecule has 8 aromatic carbocycles. The quantitative estimate of drug-likeness (QED) is 0.175. The van der Waals surface area contributed by atoms with Crippen molar-refractivity contribution in [3.8, 4) is 66.8 Å². The van der Waals surface area contributed by atoms with Crippen molar-refractivity contribution in [3.63, 3.8) is 0 Å². The number of rotatable bonds is 3. The van der Waals surface area contributed by atoms with Gasteiger partial charge in [-0.05, 0) is 118 Å². The first-order valence-corrected chi connectivity index (χ1v) is 17.5. The van der Waals surface area contributed by atoms with Gasteiger partial charge in [0, 0.05) is 9.89 Å². The van der Waals surface area contributed by atoms with E-state index in [2.05, 4.69) is 181 Å². The highest BCUT2D eigenvalue weighted by Crippen LogP contribution is 2.59. The zero-order valence-corrected chi connectivity index (χ0v) is 28.4. The normalized spacial score (nSPS) is 13.5. The van der Waals surface area contributed by atoms with Crippen molar-refractivity contribution in [2.45, 2.75) is 19.3 Å². The molecule has 0 atom stereocenters. The summed E-state index contributed by atoms with van der Waals surface area (Å²) in [4.78, 5) is 0. The van der Waals surface area contributed by atoms with Gasteiger partial charge in [0.1, 0.15) is 0 Å². The van der Waals surface area contributed by atoms with Crippen LogP contribution in [0.25, 0.3) is 88.3 Å². The molecule has 0 nitrogen and oxygen atoms in total. The average molecular weight is 676 g/mol. The van der Waals surface area contributed by atoms with Crippen molar-refractivity contribution in [2.75, 3.05) is 0 Å². The molecule has 0 saturated carbocycles.